The Morgan fingerprint density at radius 2 is 1.40 bits per heavy atom. The minimum Gasteiger partial charge on any atom is -0.465 e. The number of alkyl carbamates (subject to hydrolysis) is 1. The van der Waals surface area contributed by atoms with Crippen LogP contribution in [0.3, 0.4) is 0 Å². The first-order valence-corrected chi connectivity index (χ1v) is 24.7. The Morgan fingerprint density at radius 3 is 1.94 bits per heavy atom. The summed E-state index contributed by atoms with van der Waals surface area (Å²) in [5.41, 5.74) is -3.38. The quantitative estimate of drug-likeness (QED) is 0.0387. The molecule has 1 aliphatic carbocycles. The van der Waals surface area contributed by atoms with Crippen LogP contribution in [-0.4, -0.2) is 155 Å². The number of alkyl halides is 6. The molecule has 4 aromatic rings. The molecule has 3 aliphatic rings. The third-order valence-electron chi connectivity index (χ3n) is 14.4. The maximum Gasteiger partial charge on any atom is 0.407 e. The highest BCUT2D eigenvalue weighted by molar-refractivity contribution is 5.87. The molecule has 7 rings (SSSR count). The predicted octanol–water partition coefficient (Wildman–Crippen LogP) is 5.94. The second kappa shape index (κ2) is 23.5. The van der Waals surface area contributed by atoms with Gasteiger partial charge < -0.3 is 40.5 Å². The summed E-state index contributed by atoms with van der Waals surface area (Å²) in [4.78, 5) is 61.3. The van der Waals surface area contributed by atoms with Gasteiger partial charge in [-0.2, -0.15) is 31.4 Å². The number of methoxy groups -OCH3 is 1. The smallest absolute Gasteiger partial charge is 0.407 e. The fraction of sp³-hybridized carbons (Fsp3) is 0.500. The number of benzene rings is 2. The number of nitrogens with one attached hydrogen (secondary N) is 4. The number of nitrogens with zero attached hydrogens (tertiary/aromatic N) is 6. The van der Waals surface area contributed by atoms with Crippen LogP contribution < -0.4 is 26.3 Å². The first-order chi connectivity index (χ1) is 36.6. The minimum atomic E-state index is -5.23. The molecule has 78 heavy (non-hydrogen) atoms. The van der Waals surface area contributed by atoms with Crippen LogP contribution in [0.25, 0.3) is 11.3 Å². The zero-order valence-corrected chi connectivity index (χ0v) is 43.3. The van der Waals surface area contributed by atoms with E-state index in [4.69, 9.17) is 4.74 Å². The van der Waals surface area contributed by atoms with Gasteiger partial charge in [0.15, 0.2) is 0 Å². The van der Waals surface area contributed by atoms with Gasteiger partial charge in [0.2, 0.25) is 5.91 Å². The SMILES string of the molecule is COC(=O)N[C@H](C(=O)N[C@@H](Cc1ccc(C#Cc2ccc(N3CC4COCC(C3)N4C)nc2)cc1)[C@@H](O)CN(Cc1c(F)cc(-c2ccn(C3CC3)n2)cc1F)NC(=O)[C@@H](NC(=O)O)C(C)(C)C(F)(F)F)C(C)(C)C(F)(F)F. The number of aliphatic hydroxyl groups is 1. The van der Waals surface area contributed by atoms with E-state index >= 15 is 8.78 Å². The summed E-state index contributed by atoms with van der Waals surface area (Å²) in [7, 11) is 2.92. The van der Waals surface area contributed by atoms with Crippen LogP contribution in [-0.2, 0) is 32.0 Å². The van der Waals surface area contributed by atoms with Gasteiger partial charge in [-0.25, -0.2) is 28.4 Å². The van der Waals surface area contributed by atoms with Gasteiger partial charge in [-0.1, -0.05) is 24.0 Å². The van der Waals surface area contributed by atoms with Gasteiger partial charge in [0.1, 0.15) is 29.5 Å². The third-order valence-corrected chi connectivity index (χ3v) is 14.4. The molecule has 3 fully saturated rings. The van der Waals surface area contributed by atoms with Crippen LogP contribution in [0.4, 0.5) is 50.5 Å². The highest BCUT2D eigenvalue weighted by atomic mass is 19.4. The van der Waals surface area contributed by atoms with Crippen molar-refractivity contribution in [2.24, 2.45) is 10.8 Å². The van der Waals surface area contributed by atoms with Crippen molar-refractivity contribution >= 4 is 29.8 Å². The van der Waals surface area contributed by atoms with Crippen molar-refractivity contribution in [1.82, 2.24) is 46.0 Å². The molecule has 6 N–H and O–H groups in total. The Labute approximate surface area is 443 Å². The number of carbonyl (C=O) groups excluding carboxylic acids is 3. The van der Waals surface area contributed by atoms with Crippen molar-refractivity contribution in [2.45, 2.75) is 108 Å². The van der Waals surface area contributed by atoms with Crippen LogP contribution in [0, 0.1) is 34.3 Å². The van der Waals surface area contributed by atoms with Gasteiger partial charge in [0.25, 0.3) is 5.91 Å². The van der Waals surface area contributed by atoms with E-state index in [0.29, 0.717) is 62.6 Å². The van der Waals surface area contributed by atoms with Crippen molar-refractivity contribution in [3.63, 3.8) is 0 Å². The summed E-state index contributed by atoms with van der Waals surface area (Å²) in [5, 5.41) is 32.2. The monoisotopic (exact) mass is 1100 g/mol. The van der Waals surface area contributed by atoms with Gasteiger partial charge in [-0.3, -0.25) is 24.6 Å². The molecular formula is C52H60F8N10O8. The number of halogens is 8. The number of hydrazine groups is 1. The third kappa shape index (κ3) is 13.8. The number of piperazine rings is 1. The van der Waals surface area contributed by atoms with Crippen molar-refractivity contribution in [3.05, 3.63) is 101 Å². The van der Waals surface area contributed by atoms with Crippen LogP contribution in [0.1, 0.15) is 68.8 Å². The zero-order chi connectivity index (χ0) is 57.1. The number of aliphatic hydroxyl groups excluding tert-OH is 1. The molecule has 4 amide bonds. The molecule has 2 aromatic heterocycles. The minimum absolute atomic E-state index is 0.0105. The lowest BCUT2D eigenvalue weighted by Crippen LogP contribution is -2.63. The summed E-state index contributed by atoms with van der Waals surface area (Å²) < 4.78 is 131. The summed E-state index contributed by atoms with van der Waals surface area (Å²) in [6.07, 6.45) is -11.5. The highest BCUT2D eigenvalue weighted by Crippen LogP contribution is 2.42. The lowest BCUT2D eigenvalue weighted by Gasteiger charge is -2.48. The summed E-state index contributed by atoms with van der Waals surface area (Å²) in [5.74, 6) is 1.12. The van der Waals surface area contributed by atoms with E-state index in [1.807, 2.05) is 22.9 Å². The molecule has 0 spiro atoms. The number of hydrogen-bond donors (Lipinski definition) is 6. The molecule has 1 saturated carbocycles. The molecule has 0 radical (unpaired) electrons. The van der Waals surface area contributed by atoms with Crippen LogP contribution in [0.2, 0.25) is 0 Å². The largest absolute Gasteiger partial charge is 0.465 e. The van der Waals surface area contributed by atoms with E-state index in [9.17, 15) is 55.7 Å². The number of amides is 4. The van der Waals surface area contributed by atoms with E-state index in [1.54, 1.807) is 29.2 Å². The number of anilines is 1. The standard InChI is InChI=1S/C52H60F8N10O8/c1-49(2,51(55,56)57)43(64-48(76)77-6)45(72)62-40(19-30-10-7-29(8-11-30)9-12-31-13-16-42(61-22-31)68-23-34-27-78-28-35(24-68)67(34)5)41(71)26-69(66-46(73)44(63-47(74)75)50(3,4)52(58,59)60)25-36-37(53)20-32(21-38(36)54)39-17-18-70(65-39)33-14-15-33/h7-8,10-11,13,16-18,20-22,33-35,40-41,43-44,63,71H,14-15,19,23-28H2,1-6H3,(H,62,72)(H,64,76)(H,66,73)(H,74,75)/t34?,35?,40-,41-,43+,44+/m0/s1. The number of carboxylic acid groups (broad SMARTS) is 1. The zero-order valence-electron chi connectivity index (χ0n) is 43.3. The second-order valence-corrected chi connectivity index (χ2v) is 20.7. The first kappa shape index (κ1) is 58.6. The number of rotatable bonds is 18. The van der Waals surface area contributed by atoms with Crippen LogP contribution in [0.15, 0.2) is 67.0 Å². The fourth-order valence-corrected chi connectivity index (χ4v) is 8.95. The van der Waals surface area contributed by atoms with Gasteiger partial charge >= 0.3 is 24.5 Å². The molecular weight excluding hydrogens is 1040 g/mol. The van der Waals surface area contributed by atoms with Crippen molar-refractivity contribution < 1.29 is 74.0 Å². The van der Waals surface area contributed by atoms with Crippen LogP contribution >= 0.6 is 0 Å². The fourth-order valence-electron chi connectivity index (χ4n) is 8.95. The number of hydrogen-bond acceptors (Lipinski definition) is 12. The molecule has 6 atom stereocenters. The molecule has 2 aliphatic heterocycles. The first-order valence-electron chi connectivity index (χ1n) is 24.7. The van der Waals surface area contributed by atoms with E-state index in [2.05, 4.69) is 48.8 Å². The predicted molar refractivity (Wildman–Crippen MR) is 265 cm³/mol. The molecule has 4 heterocycles. The number of morpholine rings is 1. The number of ether oxygens (including phenoxy) is 2. The van der Waals surface area contributed by atoms with E-state index in [0.717, 1.165) is 51.0 Å². The van der Waals surface area contributed by atoms with Crippen LogP contribution in [0.5, 0.6) is 0 Å². The van der Waals surface area contributed by atoms with Gasteiger partial charge in [0.05, 0.1) is 67.1 Å². The molecule has 2 bridgehead atoms. The Bertz CT molecular complexity index is 2830. The number of likely N-dealkylation sites (N-methyl/N-ethyl adjacent to an activating group) is 1. The van der Waals surface area contributed by atoms with Gasteiger partial charge in [0, 0.05) is 60.8 Å². The number of carbonyl (C=O) groups is 4. The Morgan fingerprint density at radius 1 is 0.821 bits per heavy atom. The van der Waals surface area contributed by atoms with Crippen molar-refractivity contribution in [1.29, 1.82) is 0 Å². The molecule has 18 nitrogen and oxygen atoms in total. The van der Waals surface area contributed by atoms with E-state index in [-0.39, 0.29) is 29.4 Å². The normalized spacial score (nSPS) is 18.7. The van der Waals surface area contributed by atoms with E-state index < -0.39 is 108 Å². The van der Waals surface area contributed by atoms with Crippen molar-refractivity contribution in [2.75, 3.05) is 51.9 Å². The summed E-state index contributed by atoms with van der Waals surface area (Å²) >= 11 is 0. The lowest BCUT2D eigenvalue weighted by molar-refractivity contribution is -0.221. The molecule has 2 saturated heterocycles. The van der Waals surface area contributed by atoms with E-state index in [1.165, 1.54) is 23.5 Å². The lowest BCUT2D eigenvalue weighted by atomic mass is 9.82. The Hall–Kier alpha value is -7.08. The summed E-state index contributed by atoms with van der Waals surface area (Å²) in [6.45, 7) is 2.87. The summed E-state index contributed by atoms with van der Waals surface area (Å²) in [6, 6.07) is 6.95. The maximum absolute atomic E-state index is 16.1. The number of aromatic nitrogens is 3. The average Bonchev–Trinajstić information content (AvgIpc) is 4.10. The Kier molecular flexibility index (Phi) is 17.6. The molecule has 2 unspecified atom stereocenters. The topological polar surface area (TPSA) is 216 Å². The highest BCUT2D eigenvalue weighted by Gasteiger charge is 2.57. The van der Waals surface area contributed by atoms with Gasteiger partial charge in [-0.05, 0) is 102 Å². The average molecular weight is 1110 g/mol. The van der Waals surface area contributed by atoms with Crippen molar-refractivity contribution in [3.8, 4) is 23.1 Å². The van der Waals surface area contributed by atoms with Gasteiger partial charge in [-0.15, -0.1) is 0 Å². The number of pyridine rings is 1. The number of fused-ring (bicyclic) bond motifs is 2. The molecule has 26 heteroatoms. The molecule has 422 valence electrons. The Balaban J connectivity index is 1.19. The molecule has 2 aromatic carbocycles. The second-order valence-electron chi connectivity index (χ2n) is 20.7. The maximum atomic E-state index is 16.1.